The molecule has 3 nitrogen and oxygen atoms in total. The van der Waals surface area contributed by atoms with E-state index in [2.05, 4.69) is 11.4 Å². The topological polar surface area (TPSA) is 32.3 Å². The molecular weight excluding hydrogens is 328 g/mol. The molecule has 1 unspecified atom stereocenters. The molecule has 1 N–H and O–H groups in total. The van der Waals surface area contributed by atoms with Gasteiger partial charge in [0, 0.05) is 16.4 Å². The molecule has 0 spiro atoms. The van der Waals surface area contributed by atoms with Crippen LogP contribution in [0.2, 0.25) is 5.02 Å². The number of hydrogen-bond acceptors (Lipinski definition) is 3. The van der Waals surface area contributed by atoms with Crippen LogP contribution in [0.15, 0.2) is 48.6 Å². The number of allylic oxidation sites excluding steroid dienone is 1. The molecule has 1 amide bonds. The highest BCUT2D eigenvalue weighted by Gasteiger charge is 2.27. The second-order valence-corrected chi connectivity index (χ2v) is 7.00. The lowest BCUT2D eigenvalue weighted by Crippen LogP contribution is -2.40. The molecule has 5 heteroatoms. The van der Waals surface area contributed by atoms with Crippen LogP contribution in [0.3, 0.4) is 0 Å². The highest BCUT2D eigenvalue weighted by Crippen LogP contribution is 2.36. The first-order valence-corrected chi connectivity index (χ1v) is 8.91. The van der Waals surface area contributed by atoms with E-state index in [-0.39, 0.29) is 11.9 Å². The first kappa shape index (κ1) is 16.2. The molecule has 1 fully saturated rings. The molecular formula is C18H19ClN2OS. The Labute approximate surface area is 145 Å². The number of carbonyl (C=O) groups excluding carboxylic acids is 1. The minimum absolute atomic E-state index is 0.0423. The van der Waals surface area contributed by atoms with Gasteiger partial charge in [0.1, 0.15) is 0 Å². The molecule has 2 heterocycles. The maximum absolute atomic E-state index is 12.5. The fourth-order valence-corrected chi connectivity index (χ4v) is 4.08. The minimum Gasteiger partial charge on any atom is -0.315 e. The van der Waals surface area contributed by atoms with Crippen molar-refractivity contribution in [3.8, 4) is 10.4 Å². The van der Waals surface area contributed by atoms with Gasteiger partial charge in [-0.1, -0.05) is 29.8 Å². The molecule has 1 atom stereocenters. The molecule has 1 aromatic carbocycles. The van der Waals surface area contributed by atoms with Gasteiger partial charge in [0.15, 0.2) is 0 Å². The number of carbonyl (C=O) groups is 1. The van der Waals surface area contributed by atoms with E-state index in [4.69, 9.17) is 11.6 Å². The summed E-state index contributed by atoms with van der Waals surface area (Å²) in [4.78, 5) is 15.6. The zero-order valence-electron chi connectivity index (χ0n) is 13.0. The highest BCUT2D eigenvalue weighted by atomic mass is 35.5. The Balaban J connectivity index is 1.92. The van der Waals surface area contributed by atoms with E-state index in [0.717, 1.165) is 40.0 Å². The van der Waals surface area contributed by atoms with Crippen molar-refractivity contribution < 1.29 is 4.79 Å². The molecule has 2 aromatic rings. The van der Waals surface area contributed by atoms with Crippen LogP contribution >= 0.6 is 22.9 Å². The molecule has 0 radical (unpaired) electrons. The number of thiophene rings is 1. The van der Waals surface area contributed by atoms with Crippen LogP contribution < -0.4 is 10.2 Å². The Morgan fingerprint density at radius 2 is 2.26 bits per heavy atom. The first-order valence-electron chi connectivity index (χ1n) is 7.71. The van der Waals surface area contributed by atoms with Crippen molar-refractivity contribution in [1.29, 1.82) is 0 Å². The number of nitrogens with one attached hydrogen (secondary N) is 1. The molecule has 3 rings (SSSR count). The SMILES string of the molecule is CC=CC(=O)N(c1ccc(-c2cccc(Cl)c2)s1)C1CCNC1. The number of nitrogens with zero attached hydrogens (tertiary/aromatic N) is 1. The van der Waals surface area contributed by atoms with Crippen molar-refractivity contribution in [3.05, 3.63) is 53.6 Å². The minimum atomic E-state index is 0.0423. The van der Waals surface area contributed by atoms with Gasteiger partial charge in [-0.3, -0.25) is 9.69 Å². The lowest BCUT2D eigenvalue weighted by Gasteiger charge is -2.25. The number of halogens is 1. The van der Waals surface area contributed by atoms with Crippen molar-refractivity contribution in [2.24, 2.45) is 0 Å². The van der Waals surface area contributed by atoms with Gasteiger partial charge >= 0.3 is 0 Å². The maximum atomic E-state index is 12.5. The van der Waals surface area contributed by atoms with Crippen molar-refractivity contribution in [2.75, 3.05) is 18.0 Å². The molecule has 1 aromatic heterocycles. The van der Waals surface area contributed by atoms with E-state index in [1.807, 2.05) is 42.2 Å². The van der Waals surface area contributed by atoms with Crippen molar-refractivity contribution >= 4 is 33.8 Å². The predicted molar refractivity (Wildman–Crippen MR) is 98.3 cm³/mol. The number of anilines is 1. The summed E-state index contributed by atoms with van der Waals surface area (Å²) >= 11 is 7.71. The Kier molecular flexibility index (Phi) is 5.16. The van der Waals surface area contributed by atoms with Crippen LogP contribution in [0.5, 0.6) is 0 Å². The Bertz CT molecular complexity index is 719. The van der Waals surface area contributed by atoms with Crippen LogP contribution in [0.25, 0.3) is 10.4 Å². The van der Waals surface area contributed by atoms with Gasteiger partial charge in [-0.2, -0.15) is 0 Å². The van der Waals surface area contributed by atoms with E-state index in [1.54, 1.807) is 23.5 Å². The molecule has 23 heavy (non-hydrogen) atoms. The van der Waals surface area contributed by atoms with Gasteiger partial charge in [-0.25, -0.2) is 0 Å². The summed E-state index contributed by atoms with van der Waals surface area (Å²) in [6.45, 7) is 3.67. The zero-order chi connectivity index (χ0) is 16.2. The summed E-state index contributed by atoms with van der Waals surface area (Å²) in [5, 5.41) is 5.04. The molecule has 1 saturated heterocycles. The number of rotatable bonds is 4. The summed E-state index contributed by atoms with van der Waals surface area (Å²) in [5.74, 6) is 0.0423. The van der Waals surface area contributed by atoms with Crippen LogP contribution in [0.1, 0.15) is 13.3 Å². The van der Waals surface area contributed by atoms with Gasteiger partial charge < -0.3 is 5.32 Å². The van der Waals surface area contributed by atoms with Crippen LogP contribution in [-0.4, -0.2) is 25.0 Å². The zero-order valence-corrected chi connectivity index (χ0v) is 14.5. The molecule has 1 aliphatic rings. The average Bonchev–Trinajstić information content (AvgIpc) is 3.20. The second-order valence-electron chi connectivity index (χ2n) is 5.50. The van der Waals surface area contributed by atoms with E-state index >= 15 is 0 Å². The third-order valence-corrected chi connectivity index (χ3v) is 5.25. The summed E-state index contributed by atoms with van der Waals surface area (Å²) in [6, 6.07) is 12.1. The molecule has 0 bridgehead atoms. The number of benzene rings is 1. The van der Waals surface area contributed by atoms with Crippen LogP contribution in [0, 0.1) is 0 Å². The molecule has 0 aliphatic carbocycles. The van der Waals surface area contributed by atoms with E-state index in [9.17, 15) is 4.79 Å². The first-order chi connectivity index (χ1) is 11.2. The fraction of sp³-hybridized carbons (Fsp3) is 0.278. The van der Waals surface area contributed by atoms with Gasteiger partial charge in [0.25, 0.3) is 5.91 Å². The van der Waals surface area contributed by atoms with E-state index in [0.29, 0.717) is 0 Å². The average molecular weight is 347 g/mol. The third kappa shape index (κ3) is 3.66. The Morgan fingerprint density at radius 3 is 2.96 bits per heavy atom. The lowest BCUT2D eigenvalue weighted by atomic mass is 10.2. The Hall–Kier alpha value is -1.62. The largest absolute Gasteiger partial charge is 0.315 e. The van der Waals surface area contributed by atoms with Crippen molar-refractivity contribution in [3.63, 3.8) is 0 Å². The van der Waals surface area contributed by atoms with Crippen LogP contribution in [-0.2, 0) is 4.79 Å². The van der Waals surface area contributed by atoms with Gasteiger partial charge in [-0.15, -0.1) is 11.3 Å². The standard InChI is InChI=1S/C18H19ClN2OS/c1-2-4-17(22)21(15-9-10-20-12-15)18-8-7-16(23-18)13-5-3-6-14(19)11-13/h2-8,11,15,20H,9-10,12H2,1H3. The van der Waals surface area contributed by atoms with Crippen molar-refractivity contribution in [1.82, 2.24) is 5.32 Å². The number of hydrogen-bond donors (Lipinski definition) is 1. The molecule has 120 valence electrons. The lowest BCUT2D eigenvalue weighted by molar-refractivity contribution is -0.114. The maximum Gasteiger partial charge on any atom is 0.251 e. The van der Waals surface area contributed by atoms with Gasteiger partial charge in [0.2, 0.25) is 0 Å². The van der Waals surface area contributed by atoms with E-state index in [1.165, 1.54) is 0 Å². The summed E-state index contributed by atoms with van der Waals surface area (Å²) in [5.41, 5.74) is 1.08. The molecule has 1 aliphatic heterocycles. The van der Waals surface area contributed by atoms with Gasteiger partial charge in [-0.05, 0) is 55.8 Å². The predicted octanol–water partition coefficient (Wildman–Crippen LogP) is 4.34. The smallest absolute Gasteiger partial charge is 0.251 e. The van der Waals surface area contributed by atoms with E-state index < -0.39 is 0 Å². The number of amides is 1. The Morgan fingerprint density at radius 1 is 1.39 bits per heavy atom. The summed E-state index contributed by atoms with van der Waals surface area (Å²) in [6.07, 6.45) is 4.41. The quantitative estimate of drug-likeness (QED) is 0.835. The van der Waals surface area contributed by atoms with Crippen LogP contribution in [0.4, 0.5) is 5.00 Å². The third-order valence-electron chi connectivity index (χ3n) is 3.88. The summed E-state index contributed by atoms with van der Waals surface area (Å²) in [7, 11) is 0. The normalized spacial score (nSPS) is 17.7. The van der Waals surface area contributed by atoms with Gasteiger partial charge in [0.05, 0.1) is 11.0 Å². The second kappa shape index (κ2) is 7.30. The van der Waals surface area contributed by atoms with Crippen molar-refractivity contribution in [2.45, 2.75) is 19.4 Å². The summed E-state index contributed by atoms with van der Waals surface area (Å²) < 4.78 is 0. The monoisotopic (exact) mass is 346 g/mol. The molecule has 0 saturated carbocycles. The highest BCUT2D eigenvalue weighted by molar-refractivity contribution is 7.19. The fourth-order valence-electron chi connectivity index (χ4n) is 2.81.